The SMILES string of the molecule is CN(CC(=O)c1cccc(F)c1)Cc1csc(Br)c1. The highest BCUT2D eigenvalue weighted by molar-refractivity contribution is 9.11. The summed E-state index contributed by atoms with van der Waals surface area (Å²) in [5.41, 5.74) is 1.57. The summed E-state index contributed by atoms with van der Waals surface area (Å²) in [7, 11) is 1.88. The van der Waals surface area contributed by atoms with Gasteiger partial charge in [-0.2, -0.15) is 0 Å². The molecule has 1 aromatic carbocycles. The minimum atomic E-state index is -0.379. The van der Waals surface area contributed by atoms with Crippen molar-refractivity contribution in [1.82, 2.24) is 4.90 Å². The van der Waals surface area contributed by atoms with Crippen molar-refractivity contribution in [3.05, 3.63) is 56.4 Å². The van der Waals surface area contributed by atoms with Crippen LogP contribution in [0.3, 0.4) is 0 Å². The first-order chi connectivity index (χ1) is 9.04. The van der Waals surface area contributed by atoms with Gasteiger partial charge in [0.2, 0.25) is 0 Å². The highest BCUT2D eigenvalue weighted by Crippen LogP contribution is 2.21. The number of benzene rings is 1. The first kappa shape index (κ1) is 14.4. The maximum absolute atomic E-state index is 13.0. The summed E-state index contributed by atoms with van der Waals surface area (Å²) in [5.74, 6) is -0.452. The van der Waals surface area contributed by atoms with E-state index in [4.69, 9.17) is 0 Å². The fourth-order valence-electron chi connectivity index (χ4n) is 1.79. The average molecular weight is 342 g/mol. The molecule has 0 bridgehead atoms. The van der Waals surface area contributed by atoms with Gasteiger partial charge in [-0.1, -0.05) is 12.1 Å². The number of carbonyl (C=O) groups is 1. The van der Waals surface area contributed by atoms with E-state index in [2.05, 4.69) is 15.9 Å². The number of thiophene rings is 1. The summed E-state index contributed by atoms with van der Waals surface area (Å²) in [6, 6.07) is 7.84. The molecule has 0 fully saturated rings. The zero-order chi connectivity index (χ0) is 13.8. The van der Waals surface area contributed by atoms with Crippen LogP contribution in [0, 0.1) is 5.82 Å². The molecule has 1 heterocycles. The van der Waals surface area contributed by atoms with E-state index in [0.717, 1.165) is 9.35 Å². The predicted molar refractivity (Wildman–Crippen MR) is 79.1 cm³/mol. The second kappa shape index (κ2) is 6.41. The molecule has 0 unspecified atom stereocenters. The quantitative estimate of drug-likeness (QED) is 0.767. The zero-order valence-corrected chi connectivity index (χ0v) is 12.8. The predicted octanol–water partition coefficient (Wildman–Crippen LogP) is 3.96. The van der Waals surface area contributed by atoms with Crippen molar-refractivity contribution < 1.29 is 9.18 Å². The van der Waals surface area contributed by atoms with E-state index in [-0.39, 0.29) is 18.1 Å². The van der Waals surface area contributed by atoms with E-state index in [1.165, 1.54) is 12.1 Å². The van der Waals surface area contributed by atoms with Crippen molar-refractivity contribution in [2.75, 3.05) is 13.6 Å². The number of nitrogens with zero attached hydrogens (tertiary/aromatic N) is 1. The first-order valence-electron chi connectivity index (χ1n) is 5.75. The van der Waals surface area contributed by atoms with Crippen LogP contribution in [0.5, 0.6) is 0 Å². The third kappa shape index (κ3) is 4.23. The molecule has 0 N–H and O–H groups in total. The number of hydrogen-bond acceptors (Lipinski definition) is 3. The molecule has 2 aromatic rings. The minimum Gasteiger partial charge on any atom is -0.295 e. The van der Waals surface area contributed by atoms with Crippen LogP contribution in [0.2, 0.25) is 0 Å². The first-order valence-corrected chi connectivity index (χ1v) is 7.42. The van der Waals surface area contributed by atoms with Gasteiger partial charge in [-0.15, -0.1) is 11.3 Å². The largest absolute Gasteiger partial charge is 0.295 e. The Kier molecular flexibility index (Phi) is 4.85. The molecule has 0 aliphatic rings. The lowest BCUT2D eigenvalue weighted by atomic mass is 10.1. The Bertz CT molecular complexity index is 584. The van der Waals surface area contributed by atoms with Gasteiger partial charge in [0.1, 0.15) is 5.82 Å². The molecule has 2 rings (SSSR count). The second-order valence-corrected chi connectivity index (χ2v) is 6.66. The number of hydrogen-bond donors (Lipinski definition) is 0. The lowest BCUT2D eigenvalue weighted by molar-refractivity contribution is 0.0942. The Morgan fingerprint density at radius 1 is 1.42 bits per heavy atom. The molecule has 0 amide bonds. The topological polar surface area (TPSA) is 20.3 Å². The number of Topliss-reactive ketones (excluding diaryl/α,β-unsaturated/α-hetero) is 1. The Morgan fingerprint density at radius 2 is 2.21 bits per heavy atom. The summed E-state index contributed by atoms with van der Waals surface area (Å²) < 4.78 is 14.1. The third-order valence-electron chi connectivity index (χ3n) is 2.63. The molecule has 0 radical (unpaired) electrons. The van der Waals surface area contributed by atoms with Crippen LogP contribution in [0.4, 0.5) is 4.39 Å². The van der Waals surface area contributed by atoms with Gasteiger partial charge in [0.05, 0.1) is 10.3 Å². The molecule has 2 nitrogen and oxygen atoms in total. The van der Waals surface area contributed by atoms with Gasteiger partial charge in [0.15, 0.2) is 5.78 Å². The van der Waals surface area contributed by atoms with E-state index >= 15 is 0 Å². The minimum absolute atomic E-state index is 0.0729. The molecule has 0 atom stereocenters. The standard InChI is InChI=1S/C14H13BrFNOS/c1-17(7-10-5-14(15)19-9-10)8-13(18)11-3-2-4-12(16)6-11/h2-6,9H,7-8H2,1H3. The average Bonchev–Trinajstić information content (AvgIpc) is 2.74. The molecule has 100 valence electrons. The Morgan fingerprint density at radius 3 is 2.84 bits per heavy atom. The molecule has 0 spiro atoms. The number of rotatable bonds is 5. The summed E-state index contributed by atoms with van der Waals surface area (Å²) in [6.07, 6.45) is 0. The summed E-state index contributed by atoms with van der Waals surface area (Å²) in [6.45, 7) is 0.972. The third-order valence-corrected chi connectivity index (χ3v) is 4.19. The monoisotopic (exact) mass is 341 g/mol. The van der Waals surface area contributed by atoms with Crippen molar-refractivity contribution in [1.29, 1.82) is 0 Å². The number of likely N-dealkylation sites (N-methyl/N-ethyl adjacent to an activating group) is 1. The Balaban J connectivity index is 1.95. The molecular formula is C14H13BrFNOS. The van der Waals surface area contributed by atoms with Crippen molar-refractivity contribution in [2.24, 2.45) is 0 Å². The molecular weight excluding hydrogens is 329 g/mol. The highest BCUT2D eigenvalue weighted by atomic mass is 79.9. The van der Waals surface area contributed by atoms with Gasteiger partial charge in [-0.05, 0) is 52.1 Å². The van der Waals surface area contributed by atoms with Crippen LogP contribution < -0.4 is 0 Å². The van der Waals surface area contributed by atoms with Crippen LogP contribution >= 0.6 is 27.3 Å². The highest BCUT2D eigenvalue weighted by Gasteiger charge is 2.11. The lowest BCUT2D eigenvalue weighted by Gasteiger charge is -2.14. The van der Waals surface area contributed by atoms with Gasteiger partial charge < -0.3 is 0 Å². The van der Waals surface area contributed by atoms with E-state index in [9.17, 15) is 9.18 Å². The zero-order valence-electron chi connectivity index (χ0n) is 10.4. The number of carbonyl (C=O) groups excluding carboxylic acids is 1. The molecule has 19 heavy (non-hydrogen) atoms. The van der Waals surface area contributed by atoms with Crippen molar-refractivity contribution >= 4 is 33.0 Å². The number of halogens is 2. The Labute approximate surface area is 124 Å². The van der Waals surface area contributed by atoms with E-state index < -0.39 is 0 Å². The van der Waals surface area contributed by atoms with E-state index in [0.29, 0.717) is 12.1 Å². The maximum Gasteiger partial charge on any atom is 0.176 e. The van der Waals surface area contributed by atoms with Gasteiger partial charge in [0, 0.05) is 12.1 Å². The molecule has 1 aromatic heterocycles. The second-order valence-electron chi connectivity index (χ2n) is 4.36. The van der Waals surface area contributed by atoms with Crippen LogP contribution in [0.1, 0.15) is 15.9 Å². The molecule has 0 saturated carbocycles. The van der Waals surface area contributed by atoms with Crippen molar-refractivity contribution in [3.63, 3.8) is 0 Å². The van der Waals surface area contributed by atoms with Gasteiger partial charge in [-0.3, -0.25) is 9.69 Å². The normalized spacial score (nSPS) is 10.9. The van der Waals surface area contributed by atoms with Gasteiger partial charge in [-0.25, -0.2) is 4.39 Å². The van der Waals surface area contributed by atoms with Crippen LogP contribution in [-0.4, -0.2) is 24.3 Å². The molecule has 0 saturated heterocycles. The summed E-state index contributed by atoms with van der Waals surface area (Å²) in [5, 5.41) is 2.05. The molecule has 5 heteroatoms. The maximum atomic E-state index is 13.0. The van der Waals surface area contributed by atoms with Gasteiger partial charge >= 0.3 is 0 Å². The molecule has 0 aliphatic carbocycles. The lowest BCUT2D eigenvalue weighted by Crippen LogP contribution is -2.25. The summed E-state index contributed by atoms with van der Waals surface area (Å²) >= 11 is 5.03. The van der Waals surface area contributed by atoms with Gasteiger partial charge in [0.25, 0.3) is 0 Å². The number of ketones is 1. The fraction of sp³-hybridized carbons (Fsp3) is 0.214. The van der Waals surface area contributed by atoms with Crippen LogP contribution in [-0.2, 0) is 6.54 Å². The molecule has 0 aliphatic heterocycles. The van der Waals surface area contributed by atoms with Crippen LogP contribution in [0.25, 0.3) is 0 Å². The van der Waals surface area contributed by atoms with Crippen LogP contribution in [0.15, 0.2) is 39.5 Å². The van der Waals surface area contributed by atoms with E-state index in [1.807, 2.05) is 23.4 Å². The summed E-state index contributed by atoms with van der Waals surface area (Å²) in [4.78, 5) is 13.9. The van der Waals surface area contributed by atoms with Crippen molar-refractivity contribution in [3.8, 4) is 0 Å². The Hall–Kier alpha value is -1.04. The van der Waals surface area contributed by atoms with Crippen molar-refractivity contribution in [2.45, 2.75) is 6.54 Å². The van der Waals surface area contributed by atoms with E-state index in [1.54, 1.807) is 23.5 Å². The smallest absolute Gasteiger partial charge is 0.176 e. The fourth-order valence-corrected chi connectivity index (χ4v) is 2.99.